The number of rotatable bonds is 4. The van der Waals surface area contributed by atoms with E-state index in [0.717, 1.165) is 0 Å². The normalized spacial score (nSPS) is 13.2. The van der Waals surface area contributed by atoms with E-state index in [1.54, 1.807) is 0 Å². The molecule has 0 N–H and O–H groups in total. The summed E-state index contributed by atoms with van der Waals surface area (Å²) in [6, 6.07) is 5.74. The van der Waals surface area contributed by atoms with Gasteiger partial charge in [0.2, 0.25) is 0 Å². The van der Waals surface area contributed by atoms with Crippen LogP contribution in [0.2, 0.25) is 0 Å². The first-order valence-electron chi connectivity index (χ1n) is 5.20. The number of ether oxygens (including phenoxy) is 2. The van der Waals surface area contributed by atoms with E-state index in [4.69, 9.17) is 9.47 Å². The Bertz CT molecular complexity index is 398. The molecule has 0 aliphatic carbocycles. The Labute approximate surface area is 103 Å². The van der Waals surface area contributed by atoms with E-state index in [1.165, 1.54) is 38.3 Å². The molecule has 0 aliphatic heterocycles. The lowest BCUT2D eigenvalue weighted by atomic mass is 10.1. The lowest BCUT2D eigenvalue weighted by molar-refractivity contribution is -0.158. The van der Waals surface area contributed by atoms with Crippen LogP contribution in [0.25, 0.3) is 0 Å². The summed E-state index contributed by atoms with van der Waals surface area (Å²) < 4.78 is 46.4. The molecule has 1 rings (SSSR count). The van der Waals surface area contributed by atoms with Gasteiger partial charge in [0.05, 0.1) is 12.5 Å². The smallest absolute Gasteiger partial charge is 0.391 e. The second-order valence-electron chi connectivity index (χ2n) is 3.71. The average molecular weight is 262 g/mol. The van der Waals surface area contributed by atoms with Crippen molar-refractivity contribution < 1.29 is 27.4 Å². The van der Waals surface area contributed by atoms with Crippen molar-refractivity contribution in [2.45, 2.75) is 25.6 Å². The molecule has 18 heavy (non-hydrogen) atoms. The Morgan fingerprint density at radius 2 is 1.83 bits per heavy atom. The predicted octanol–water partition coefficient (Wildman–Crippen LogP) is 3.25. The van der Waals surface area contributed by atoms with Crippen LogP contribution in [0.3, 0.4) is 0 Å². The van der Waals surface area contributed by atoms with E-state index < -0.39 is 24.7 Å². The van der Waals surface area contributed by atoms with Gasteiger partial charge >= 0.3 is 12.1 Å². The molecule has 3 nitrogen and oxygen atoms in total. The minimum Gasteiger partial charge on any atom is -0.427 e. The highest BCUT2D eigenvalue weighted by Gasteiger charge is 2.32. The number of hydrogen-bond acceptors (Lipinski definition) is 3. The number of esters is 1. The standard InChI is InChI=1S/C12H13F3O3/c1-8(16)18-10-5-3-9(4-6-10)11(17-2)7-12(13,14)15/h3-6,11H,7H2,1-2H3. The Morgan fingerprint density at radius 1 is 1.28 bits per heavy atom. The monoisotopic (exact) mass is 262 g/mol. The SMILES string of the molecule is COC(CC(F)(F)F)c1ccc(OC(C)=O)cc1. The molecule has 0 aliphatic rings. The lowest BCUT2D eigenvalue weighted by Crippen LogP contribution is -2.15. The quantitative estimate of drug-likeness (QED) is 0.617. The van der Waals surface area contributed by atoms with Crippen molar-refractivity contribution in [1.29, 1.82) is 0 Å². The van der Waals surface area contributed by atoms with Gasteiger partial charge in [0.25, 0.3) is 0 Å². The molecular weight excluding hydrogens is 249 g/mol. The first-order chi connectivity index (χ1) is 8.31. The maximum absolute atomic E-state index is 12.3. The van der Waals surface area contributed by atoms with Gasteiger partial charge in [0.15, 0.2) is 0 Å². The molecule has 0 radical (unpaired) electrons. The van der Waals surface area contributed by atoms with Gasteiger partial charge < -0.3 is 9.47 Å². The molecule has 1 atom stereocenters. The van der Waals surface area contributed by atoms with Crippen molar-refractivity contribution >= 4 is 5.97 Å². The van der Waals surface area contributed by atoms with Crippen molar-refractivity contribution in [1.82, 2.24) is 0 Å². The number of benzene rings is 1. The fraction of sp³-hybridized carbons (Fsp3) is 0.417. The largest absolute Gasteiger partial charge is 0.427 e. The van der Waals surface area contributed by atoms with Gasteiger partial charge in [-0.2, -0.15) is 13.2 Å². The summed E-state index contributed by atoms with van der Waals surface area (Å²) in [6.07, 6.45) is -6.41. The van der Waals surface area contributed by atoms with E-state index in [0.29, 0.717) is 5.56 Å². The third-order valence-corrected chi connectivity index (χ3v) is 2.21. The van der Waals surface area contributed by atoms with Gasteiger partial charge in [-0.3, -0.25) is 4.79 Å². The van der Waals surface area contributed by atoms with Crippen LogP contribution in [-0.4, -0.2) is 19.3 Å². The molecule has 1 aromatic carbocycles. The van der Waals surface area contributed by atoms with E-state index in [2.05, 4.69) is 0 Å². The average Bonchev–Trinajstić information content (AvgIpc) is 2.25. The first kappa shape index (κ1) is 14.5. The Balaban J connectivity index is 2.78. The number of carbonyl (C=O) groups excluding carboxylic acids is 1. The van der Waals surface area contributed by atoms with E-state index >= 15 is 0 Å². The molecule has 1 aromatic rings. The van der Waals surface area contributed by atoms with Crippen LogP contribution in [0.1, 0.15) is 25.0 Å². The van der Waals surface area contributed by atoms with Crippen molar-refractivity contribution in [3.05, 3.63) is 29.8 Å². The summed E-state index contributed by atoms with van der Waals surface area (Å²) in [5, 5.41) is 0. The molecule has 1 unspecified atom stereocenters. The summed E-state index contributed by atoms with van der Waals surface area (Å²) >= 11 is 0. The van der Waals surface area contributed by atoms with Crippen LogP contribution in [0.5, 0.6) is 5.75 Å². The molecule has 0 spiro atoms. The number of methoxy groups -OCH3 is 1. The third kappa shape index (κ3) is 4.75. The van der Waals surface area contributed by atoms with Crippen LogP contribution in [0.4, 0.5) is 13.2 Å². The predicted molar refractivity (Wildman–Crippen MR) is 58.2 cm³/mol. The number of alkyl halides is 3. The van der Waals surface area contributed by atoms with Crippen molar-refractivity contribution in [2.75, 3.05) is 7.11 Å². The van der Waals surface area contributed by atoms with Crippen LogP contribution in [-0.2, 0) is 9.53 Å². The fourth-order valence-electron chi connectivity index (χ4n) is 1.46. The zero-order valence-electron chi connectivity index (χ0n) is 9.95. The highest BCUT2D eigenvalue weighted by atomic mass is 19.4. The number of carbonyl (C=O) groups is 1. The first-order valence-corrected chi connectivity index (χ1v) is 5.20. The molecule has 0 bridgehead atoms. The minimum absolute atomic E-state index is 0.285. The molecule has 0 fully saturated rings. The minimum atomic E-state index is -4.30. The molecule has 6 heteroatoms. The second kappa shape index (κ2) is 5.86. The van der Waals surface area contributed by atoms with Crippen LogP contribution in [0.15, 0.2) is 24.3 Å². The van der Waals surface area contributed by atoms with Gasteiger partial charge in [-0.1, -0.05) is 12.1 Å². The van der Waals surface area contributed by atoms with Crippen molar-refractivity contribution in [3.63, 3.8) is 0 Å². The van der Waals surface area contributed by atoms with Crippen LogP contribution in [0, 0.1) is 0 Å². The third-order valence-electron chi connectivity index (χ3n) is 2.21. The number of halogens is 3. The summed E-state index contributed by atoms with van der Waals surface area (Å²) in [6.45, 7) is 1.25. The number of hydrogen-bond donors (Lipinski definition) is 0. The topological polar surface area (TPSA) is 35.5 Å². The van der Waals surface area contributed by atoms with Gasteiger partial charge in [-0.25, -0.2) is 0 Å². The molecule has 0 amide bonds. The van der Waals surface area contributed by atoms with Gasteiger partial charge in [0, 0.05) is 14.0 Å². The summed E-state index contributed by atoms with van der Waals surface area (Å²) in [5.74, 6) is -0.200. The Morgan fingerprint density at radius 3 is 2.22 bits per heavy atom. The fourth-order valence-corrected chi connectivity index (χ4v) is 1.46. The molecule has 0 heterocycles. The highest BCUT2D eigenvalue weighted by molar-refractivity contribution is 5.69. The zero-order chi connectivity index (χ0) is 13.8. The molecular formula is C12H13F3O3. The van der Waals surface area contributed by atoms with E-state index in [9.17, 15) is 18.0 Å². The van der Waals surface area contributed by atoms with E-state index in [1.807, 2.05) is 0 Å². The van der Waals surface area contributed by atoms with Crippen LogP contribution >= 0.6 is 0 Å². The molecule has 0 saturated heterocycles. The van der Waals surface area contributed by atoms with Gasteiger partial charge in [-0.05, 0) is 17.7 Å². The van der Waals surface area contributed by atoms with Crippen molar-refractivity contribution in [2.24, 2.45) is 0 Å². The van der Waals surface area contributed by atoms with Crippen molar-refractivity contribution in [3.8, 4) is 5.75 Å². The maximum atomic E-state index is 12.3. The van der Waals surface area contributed by atoms with Gasteiger partial charge in [0.1, 0.15) is 5.75 Å². The molecule has 100 valence electrons. The summed E-state index contributed by atoms with van der Waals surface area (Å²) in [4.78, 5) is 10.7. The lowest BCUT2D eigenvalue weighted by Gasteiger charge is -2.17. The highest BCUT2D eigenvalue weighted by Crippen LogP contribution is 2.32. The molecule has 0 aromatic heterocycles. The maximum Gasteiger partial charge on any atom is 0.391 e. The second-order valence-corrected chi connectivity index (χ2v) is 3.71. The zero-order valence-corrected chi connectivity index (χ0v) is 9.95. The summed E-state index contributed by atoms with van der Waals surface area (Å²) in [5.41, 5.74) is 0.380. The van der Waals surface area contributed by atoms with Crippen LogP contribution < -0.4 is 4.74 Å². The van der Waals surface area contributed by atoms with Gasteiger partial charge in [-0.15, -0.1) is 0 Å². The van der Waals surface area contributed by atoms with E-state index in [-0.39, 0.29) is 5.75 Å². The Kier molecular flexibility index (Phi) is 4.72. The Hall–Kier alpha value is -1.56. The summed E-state index contributed by atoms with van der Waals surface area (Å²) in [7, 11) is 1.22. The molecule has 0 saturated carbocycles.